The van der Waals surface area contributed by atoms with Crippen LogP contribution in [0.1, 0.15) is 32.3 Å². The highest BCUT2D eigenvalue weighted by Gasteiger charge is 2.67. The second-order valence-corrected chi connectivity index (χ2v) is 6.99. The van der Waals surface area contributed by atoms with Crippen LogP contribution in [-0.4, -0.2) is 19.0 Å². The van der Waals surface area contributed by atoms with Gasteiger partial charge in [-0.25, -0.2) is 0 Å². The molecular weight excluding hydrogens is 276 g/mol. The summed E-state index contributed by atoms with van der Waals surface area (Å²) in [6.45, 7) is 8.76. The molecule has 2 fully saturated rings. The lowest BCUT2D eigenvalue weighted by Crippen LogP contribution is -2.36. The minimum Gasteiger partial charge on any atom is -0.497 e. The largest absolute Gasteiger partial charge is 0.497 e. The fourth-order valence-electron chi connectivity index (χ4n) is 4.37. The first kappa shape index (κ1) is 15.3. The Morgan fingerprint density at radius 1 is 1.32 bits per heavy atom. The molecule has 0 aromatic heterocycles. The van der Waals surface area contributed by atoms with Crippen LogP contribution in [0.2, 0.25) is 0 Å². The van der Waals surface area contributed by atoms with Crippen molar-refractivity contribution in [2.45, 2.75) is 39.4 Å². The van der Waals surface area contributed by atoms with E-state index in [1.165, 1.54) is 0 Å². The molecule has 0 N–H and O–H groups in total. The molecule has 2 bridgehead atoms. The van der Waals surface area contributed by atoms with Crippen LogP contribution < -0.4 is 4.74 Å². The number of fused-ring (bicyclic) bond motifs is 2. The number of ketones is 1. The first-order valence-electron chi connectivity index (χ1n) is 7.89. The second-order valence-electron chi connectivity index (χ2n) is 6.99. The topological polar surface area (TPSA) is 35.5 Å². The predicted octanol–water partition coefficient (Wildman–Crippen LogP) is 3.77. The third-order valence-corrected chi connectivity index (χ3v) is 5.93. The van der Waals surface area contributed by atoms with E-state index in [2.05, 4.69) is 20.4 Å². The Kier molecular flexibility index (Phi) is 3.64. The maximum absolute atomic E-state index is 12.8. The van der Waals surface area contributed by atoms with Gasteiger partial charge in [-0.05, 0) is 41.9 Å². The normalized spacial score (nSPS) is 32.2. The number of ether oxygens (including phenoxy) is 2. The van der Waals surface area contributed by atoms with Crippen molar-refractivity contribution in [2.24, 2.45) is 16.7 Å². The van der Waals surface area contributed by atoms with Crippen LogP contribution in [0.15, 0.2) is 36.9 Å². The molecule has 2 aliphatic carbocycles. The molecule has 0 spiro atoms. The molecular formula is C19H24O3. The smallest absolute Gasteiger partial charge is 0.172 e. The second kappa shape index (κ2) is 5.24. The van der Waals surface area contributed by atoms with Crippen LogP contribution in [0.25, 0.3) is 0 Å². The van der Waals surface area contributed by atoms with Gasteiger partial charge in [0.05, 0.1) is 19.1 Å². The Morgan fingerprint density at radius 3 is 2.55 bits per heavy atom. The average molecular weight is 300 g/mol. The van der Waals surface area contributed by atoms with E-state index in [-0.39, 0.29) is 23.2 Å². The summed E-state index contributed by atoms with van der Waals surface area (Å²) in [5, 5.41) is 0. The maximum Gasteiger partial charge on any atom is 0.172 e. The number of carbonyl (C=O) groups excluding carboxylic acids is 1. The van der Waals surface area contributed by atoms with Gasteiger partial charge in [0.1, 0.15) is 11.9 Å². The summed E-state index contributed by atoms with van der Waals surface area (Å²) in [5.74, 6) is 1.33. The molecule has 3 heteroatoms. The fraction of sp³-hybridized carbons (Fsp3) is 0.526. The molecule has 0 heterocycles. The number of carbonyl (C=O) groups is 1. The minimum atomic E-state index is -0.401. The van der Waals surface area contributed by atoms with Crippen molar-refractivity contribution in [2.75, 3.05) is 7.11 Å². The number of rotatable bonds is 5. The van der Waals surface area contributed by atoms with Crippen LogP contribution in [0, 0.1) is 16.7 Å². The van der Waals surface area contributed by atoms with Gasteiger partial charge < -0.3 is 9.47 Å². The van der Waals surface area contributed by atoms with E-state index < -0.39 is 5.41 Å². The molecule has 2 saturated carbocycles. The minimum absolute atomic E-state index is 0.0591. The van der Waals surface area contributed by atoms with Crippen molar-refractivity contribution in [1.82, 2.24) is 0 Å². The zero-order chi connectivity index (χ0) is 16.0. The third kappa shape index (κ3) is 1.95. The highest BCUT2D eigenvalue weighted by atomic mass is 16.5. The molecule has 1 aromatic rings. The highest BCUT2D eigenvalue weighted by Crippen LogP contribution is 2.65. The standard InChI is InChI=1S/C19H24O3/c1-5-19-11-10-15(18(19,2)3)16(17(19)20)22-12-13-6-8-14(21-4)9-7-13/h5-9,15-16H,1,10-12H2,2-4H3/t15-,16-,19+/m0/s1. The van der Waals surface area contributed by atoms with Gasteiger partial charge in [0, 0.05) is 0 Å². The molecule has 3 rings (SSSR count). The SMILES string of the molecule is C=C[C@@]12CC[C@@H]([C@H](OCc3ccc(OC)cc3)C1=O)C2(C)C. The van der Waals surface area contributed by atoms with Gasteiger partial charge in [0.25, 0.3) is 0 Å². The van der Waals surface area contributed by atoms with Gasteiger partial charge in [-0.15, -0.1) is 6.58 Å². The molecule has 0 unspecified atom stereocenters. The van der Waals surface area contributed by atoms with Gasteiger partial charge in [-0.2, -0.15) is 0 Å². The quantitative estimate of drug-likeness (QED) is 0.776. The van der Waals surface area contributed by atoms with Gasteiger partial charge in [0.2, 0.25) is 0 Å². The summed E-state index contributed by atoms with van der Waals surface area (Å²) in [4.78, 5) is 12.8. The molecule has 3 atom stereocenters. The van der Waals surface area contributed by atoms with E-state index >= 15 is 0 Å². The number of hydrogen-bond acceptors (Lipinski definition) is 3. The van der Waals surface area contributed by atoms with Gasteiger partial charge in [0.15, 0.2) is 5.78 Å². The van der Waals surface area contributed by atoms with E-state index in [1.54, 1.807) is 7.11 Å². The molecule has 0 saturated heterocycles. The van der Waals surface area contributed by atoms with Crippen LogP contribution in [0.3, 0.4) is 0 Å². The van der Waals surface area contributed by atoms with Crippen molar-refractivity contribution < 1.29 is 14.3 Å². The van der Waals surface area contributed by atoms with Crippen LogP contribution in [-0.2, 0) is 16.1 Å². The molecule has 0 aliphatic heterocycles. The van der Waals surface area contributed by atoms with Crippen molar-refractivity contribution >= 4 is 5.78 Å². The summed E-state index contributed by atoms with van der Waals surface area (Å²) >= 11 is 0. The Balaban J connectivity index is 1.74. The Labute approximate surface area is 132 Å². The summed E-state index contributed by atoms with van der Waals surface area (Å²) < 4.78 is 11.2. The fourth-order valence-corrected chi connectivity index (χ4v) is 4.37. The molecule has 1 aromatic carbocycles. The lowest BCUT2D eigenvalue weighted by molar-refractivity contribution is -0.138. The predicted molar refractivity (Wildman–Crippen MR) is 85.7 cm³/mol. The lowest BCUT2D eigenvalue weighted by Gasteiger charge is -2.32. The van der Waals surface area contributed by atoms with Crippen LogP contribution in [0.4, 0.5) is 0 Å². The summed E-state index contributed by atoms with van der Waals surface area (Å²) in [7, 11) is 1.65. The molecule has 0 radical (unpaired) electrons. The number of methoxy groups -OCH3 is 1. The molecule has 0 amide bonds. The van der Waals surface area contributed by atoms with Crippen molar-refractivity contribution in [3.8, 4) is 5.75 Å². The van der Waals surface area contributed by atoms with E-state index in [0.29, 0.717) is 6.61 Å². The maximum atomic E-state index is 12.8. The van der Waals surface area contributed by atoms with E-state index in [4.69, 9.17) is 9.47 Å². The highest BCUT2D eigenvalue weighted by molar-refractivity contribution is 5.95. The third-order valence-electron chi connectivity index (χ3n) is 5.93. The van der Waals surface area contributed by atoms with E-state index in [1.807, 2.05) is 30.3 Å². The molecule has 118 valence electrons. The lowest BCUT2D eigenvalue weighted by atomic mass is 9.69. The van der Waals surface area contributed by atoms with Crippen LogP contribution in [0.5, 0.6) is 5.75 Å². The summed E-state index contributed by atoms with van der Waals surface area (Å²) in [6, 6.07) is 7.78. The van der Waals surface area contributed by atoms with Crippen molar-refractivity contribution in [3.05, 3.63) is 42.5 Å². The molecule has 3 nitrogen and oxygen atoms in total. The zero-order valence-corrected chi connectivity index (χ0v) is 13.6. The number of allylic oxidation sites excluding steroid dienone is 1. The number of Topliss-reactive ketones (excluding diaryl/α,β-unsaturated/α-hetero) is 1. The average Bonchev–Trinajstić information content (AvgIpc) is 2.87. The Bertz CT molecular complexity index is 587. The number of benzene rings is 1. The van der Waals surface area contributed by atoms with E-state index in [0.717, 1.165) is 24.2 Å². The summed E-state index contributed by atoms with van der Waals surface area (Å²) in [6.07, 6.45) is 3.52. The monoisotopic (exact) mass is 300 g/mol. The van der Waals surface area contributed by atoms with Crippen molar-refractivity contribution in [1.29, 1.82) is 0 Å². The number of hydrogen-bond donors (Lipinski definition) is 0. The van der Waals surface area contributed by atoms with Gasteiger partial charge in [-0.3, -0.25) is 4.79 Å². The molecule has 2 aliphatic rings. The zero-order valence-electron chi connectivity index (χ0n) is 13.6. The molecule has 22 heavy (non-hydrogen) atoms. The van der Waals surface area contributed by atoms with Crippen LogP contribution >= 0.6 is 0 Å². The van der Waals surface area contributed by atoms with Crippen molar-refractivity contribution in [3.63, 3.8) is 0 Å². The first-order chi connectivity index (χ1) is 10.5. The summed E-state index contributed by atoms with van der Waals surface area (Å²) in [5.41, 5.74) is 0.598. The van der Waals surface area contributed by atoms with E-state index in [9.17, 15) is 4.79 Å². The Hall–Kier alpha value is -1.61. The van der Waals surface area contributed by atoms with Gasteiger partial charge >= 0.3 is 0 Å². The Morgan fingerprint density at radius 2 is 2.00 bits per heavy atom. The van der Waals surface area contributed by atoms with Gasteiger partial charge in [-0.1, -0.05) is 32.1 Å². The first-order valence-corrected chi connectivity index (χ1v) is 7.89.